The van der Waals surface area contributed by atoms with E-state index in [1.807, 2.05) is 18.5 Å². The van der Waals surface area contributed by atoms with Crippen LogP contribution in [-0.2, 0) is 13.0 Å². The maximum atomic E-state index is 4.56. The van der Waals surface area contributed by atoms with Crippen molar-refractivity contribution in [3.8, 4) is 0 Å². The Hall–Kier alpha value is -3.06. The molecule has 0 atom stereocenters. The van der Waals surface area contributed by atoms with E-state index in [1.165, 1.54) is 11.1 Å². The average molecular weight is 317 g/mol. The number of rotatable bonds is 2. The summed E-state index contributed by atoms with van der Waals surface area (Å²) in [5.41, 5.74) is 4.32. The minimum Gasteiger partial charge on any atom is -0.338 e. The lowest BCUT2D eigenvalue weighted by atomic mass is 10.0. The maximum absolute atomic E-state index is 4.56. The van der Waals surface area contributed by atoms with Gasteiger partial charge in [0.15, 0.2) is 0 Å². The van der Waals surface area contributed by atoms with Crippen molar-refractivity contribution in [2.75, 3.05) is 11.9 Å². The van der Waals surface area contributed by atoms with Crippen molar-refractivity contribution < 1.29 is 0 Å². The van der Waals surface area contributed by atoms with E-state index in [9.17, 15) is 0 Å². The monoisotopic (exact) mass is 317 g/mol. The number of hydrogen-bond acceptors (Lipinski definition) is 6. The zero-order chi connectivity index (χ0) is 15.9. The summed E-state index contributed by atoms with van der Waals surface area (Å²) >= 11 is 0. The summed E-state index contributed by atoms with van der Waals surface area (Å²) in [5.74, 6) is 1.29. The van der Waals surface area contributed by atoms with Crippen LogP contribution in [0.4, 0.5) is 11.8 Å². The van der Waals surface area contributed by atoms with E-state index in [2.05, 4.69) is 41.6 Å². The second kappa shape index (κ2) is 5.24. The zero-order valence-corrected chi connectivity index (χ0v) is 12.9. The first kappa shape index (κ1) is 13.4. The van der Waals surface area contributed by atoms with Gasteiger partial charge in [-0.15, -0.1) is 0 Å². The molecule has 7 nitrogen and oxygen atoms in total. The summed E-state index contributed by atoms with van der Waals surface area (Å²) in [5, 5.41) is 8.63. The van der Waals surface area contributed by atoms with Crippen molar-refractivity contribution in [3.63, 3.8) is 0 Å². The number of hydrogen-bond donors (Lipinski definition) is 3. The van der Waals surface area contributed by atoms with E-state index < -0.39 is 0 Å². The molecule has 0 amide bonds. The van der Waals surface area contributed by atoms with E-state index >= 15 is 0 Å². The highest BCUT2D eigenvalue weighted by molar-refractivity contribution is 6.05. The highest BCUT2D eigenvalue weighted by atomic mass is 15.1. The minimum atomic E-state index is 0.526. The van der Waals surface area contributed by atoms with Crippen molar-refractivity contribution in [2.24, 2.45) is 0 Å². The number of pyridine rings is 2. The minimum absolute atomic E-state index is 0.526. The number of anilines is 2. The molecule has 118 valence electrons. The summed E-state index contributed by atoms with van der Waals surface area (Å²) < 4.78 is 0. The number of aromatic nitrogens is 5. The summed E-state index contributed by atoms with van der Waals surface area (Å²) in [4.78, 5) is 20.8. The van der Waals surface area contributed by atoms with Crippen LogP contribution in [0.25, 0.3) is 21.9 Å². The number of aromatic amines is 1. The second-order valence-electron chi connectivity index (χ2n) is 5.89. The molecule has 7 heteroatoms. The third kappa shape index (κ3) is 2.17. The summed E-state index contributed by atoms with van der Waals surface area (Å²) in [6, 6.07) is 4.02. The first-order valence-corrected chi connectivity index (χ1v) is 7.91. The molecule has 4 aromatic heterocycles. The Morgan fingerprint density at radius 3 is 3.04 bits per heavy atom. The van der Waals surface area contributed by atoms with E-state index in [0.29, 0.717) is 5.95 Å². The molecule has 0 saturated carbocycles. The summed E-state index contributed by atoms with van der Waals surface area (Å²) in [6.45, 7) is 1.89. The highest BCUT2D eigenvalue weighted by Gasteiger charge is 2.11. The number of nitrogens with zero attached hydrogens (tertiary/aromatic N) is 4. The van der Waals surface area contributed by atoms with Gasteiger partial charge in [-0.05, 0) is 36.2 Å². The zero-order valence-electron chi connectivity index (χ0n) is 12.9. The van der Waals surface area contributed by atoms with Gasteiger partial charge in [-0.25, -0.2) is 9.97 Å². The van der Waals surface area contributed by atoms with Crippen LogP contribution < -0.4 is 10.6 Å². The van der Waals surface area contributed by atoms with Crippen molar-refractivity contribution in [1.82, 2.24) is 30.2 Å². The topological polar surface area (TPSA) is 91.4 Å². The molecule has 0 aliphatic carbocycles. The first-order valence-electron chi connectivity index (χ1n) is 7.91. The van der Waals surface area contributed by atoms with E-state index in [1.54, 1.807) is 12.4 Å². The van der Waals surface area contributed by atoms with Gasteiger partial charge in [0.05, 0.1) is 11.7 Å². The molecule has 0 radical (unpaired) electrons. The van der Waals surface area contributed by atoms with Crippen molar-refractivity contribution in [3.05, 3.63) is 48.0 Å². The normalized spacial score (nSPS) is 14.0. The van der Waals surface area contributed by atoms with Gasteiger partial charge in [0, 0.05) is 35.9 Å². The second-order valence-corrected chi connectivity index (χ2v) is 5.89. The highest BCUT2D eigenvalue weighted by Crippen LogP contribution is 2.24. The van der Waals surface area contributed by atoms with Crippen molar-refractivity contribution in [2.45, 2.75) is 13.0 Å². The third-order valence-corrected chi connectivity index (χ3v) is 4.36. The quantitative estimate of drug-likeness (QED) is 0.525. The van der Waals surface area contributed by atoms with E-state index in [4.69, 9.17) is 0 Å². The Kier molecular flexibility index (Phi) is 2.92. The third-order valence-electron chi connectivity index (χ3n) is 4.36. The molecular formula is C17H15N7. The Balaban J connectivity index is 1.51. The van der Waals surface area contributed by atoms with Crippen LogP contribution >= 0.6 is 0 Å². The first-order chi connectivity index (χ1) is 11.9. The van der Waals surface area contributed by atoms with Crippen LogP contribution in [0, 0.1) is 0 Å². The fourth-order valence-electron chi connectivity index (χ4n) is 3.14. The average Bonchev–Trinajstić information content (AvgIpc) is 2.99. The molecule has 3 N–H and O–H groups in total. The van der Waals surface area contributed by atoms with Crippen LogP contribution in [0.5, 0.6) is 0 Å². The van der Waals surface area contributed by atoms with Gasteiger partial charge in [0.25, 0.3) is 0 Å². The van der Waals surface area contributed by atoms with Crippen LogP contribution in [-0.4, -0.2) is 31.5 Å². The van der Waals surface area contributed by atoms with Gasteiger partial charge in [0.1, 0.15) is 11.5 Å². The standard InChI is InChI=1S/C17H15N7/c1-3-18-6-11-5-15(20-7-10(1)11)23-17-21-8-13-12-2-4-19-9-14(12)22-16(13)24-17/h2,4-5,7-9,18H,1,3,6H2,(H2,20,21,22,23,24). The summed E-state index contributed by atoms with van der Waals surface area (Å²) in [7, 11) is 0. The van der Waals surface area contributed by atoms with Gasteiger partial charge >= 0.3 is 0 Å². The molecule has 0 spiro atoms. The molecular weight excluding hydrogens is 302 g/mol. The van der Waals surface area contributed by atoms with Crippen molar-refractivity contribution >= 4 is 33.7 Å². The molecule has 5 heterocycles. The lowest BCUT2D eigenvalue weighted by Crippen LogP contribution is -2.23. The Bertz CT molecular complexity index is 1050. The molecule has 1 aliphatic rings. The molecule has 24 heavy (non-hydrogen) atoms. The van der Waals surface area contributed by atoms with E-state index in [0.717, 1.165) is 47.3 Å². The fraction of sp³-hybridized carbons (Fsp3) is 0.176. The number of fused-ring (bicyclic) bond motifs is 4. The predicted octanol–water partition coefficient (Wildman–Crippen LogP) is 2.29. The molecule has 0 unspecified atom stereocenters. The van der Waals surface area contributed by atoms with E-state index in [-0.39, 0.29) is 0 Å². The lowest BCUT2D eigenvalue weighted by Gasteiger charge is -2.17. The van der Waals surface area contributed by atoms with Crippen LogP contribution in [0.15, 0.2) is 36.9 Å². The van der Waals surface area contributed by atoms with Crippen LogP contribution in [0.1, 0.15) is 11.1 Å². The Morgan fingerprint density at radius 2 is 2.04 bits per heavy atom. The smallest absolute Gasteiger partial charge is 0.230 e. The largest absolute Gasteiger partial charge is 0.338 e. The van der Waals surface area contributed by atoms with Crippen LogP contribution in [0.3, 0.4) is 0 Å². The lowest BCUT2D eigenvalue weighted by molar-refractivity contribution is 0.641. The summed E-state index contributed by atoms with van der Waals surface area (Å²) in [6.07, 6.45) is 8.35. The van der Waals surface area contributed by atoms with Gasteiger partial charge < -0.3 is 15.6 Å². The Morgan fingerprint density at radius 1 is 1.04 bits per heavy atom. The molecule has 4 aromatic rings. The van der Waals surface area contributed by atoms with Gasteiger partial charge in [-0.3, -0.25) is 4.98 Å². The van der Waals surface area contributed by atoms with Crippen LogP contribution in [0.2, 0.25) is 0 Å². The number of nitrogens with one attached hydrogen (secondary N) is 3. The Labute approximate surface area is 137 Å². The van der Waals surface area contributed by atoms with Gasteiger partial charge in [-0.2, -0.15) is 4.98 Å². The molecule has 0 aromatic carbocycles. The molecule has 0 saturated heterocycles. The molecule has 5 rings (SSSR count). The maximum Gasteiger partial charge on any atom is 0.230 e. The SMILES string of the molecule is c1cc2c(cn1)[nH]c1nc(Nc3cc4c(cn3)CCNC4)ncc12. The predicted molar refractivity (Wildman–Crippen MR) is 92.1 cm³/mol. The molecule has 0 bridgehead atoms. The molecule has 0 fully saturated rings. The number of H-pyrrole nitrogens is 1. The molecule has 1 aliphatic heterocycles. The van der Waals surface area contributed by atoms with Gasteiger partial charge in [-0.1, -0.05) is 0 Å². The fourth-order valence-corrected chi connectivity index (χ4v) is 3.14. The van der Waals surface area contributed by atoms with Crippen molar-refractivity contribution in [1.29, 1.82) is 0 Å². The van der Waals surface area contributed by atoms with Gasteiger partial charge in [0.2, 0.25) is 5.95 Å².